The van der Waals surface area contributed by atoms with Crippen molar-refractivity contribution in [1.29, 1.82) is 0 Å². The molecule has 0 unspecified atom stereocenters. The topological polar surface area (TPSA) is 68.1 Å². The number of fused-ring (bicyclic) bond motifs is 4. The van der Waals surface area contributed by atoms with Crippen molar-refractivity contribution in [2.75, 3.05) is 20.3 Å². The van der Waals surface area contributed by atoms with Crippen LogP contribution in [0.25, 0.3) is 0 Å². The smallest absolute Gasteiger partial charge is 0.156 e. The molecule has 0 aliphatic heterocycles. The minimum atomic E-state index is -0.274. The molecule has 0 aromatic heterocycles. The van der Waals surface area contributed by atoms with E-state index in [9.17, 15) is 4.79 Å². The van der Waals surface area contributed by atoms with E-state index in [1.54, 1.807) is 5.57 Å². The van der Waals surface area contributed by atoms with Crippen molar-refractivity contribution in [3.05, 3.63) is 58.2 Å². The van der Waals surface area contributed by atoms with Crippen LogP contribution < -0.4 is 0 Å². The number of rotatable bonds is 6. The van der Waals surface area contributed by atoms with Gasteiger partial charge in [0.05, 0.1) is 18.4 Å². The van der Waals surface area contributed by atoms with Crippen LogP contribution in [0.2, 0.25) is 0 Å². The maximum atomic E-state index is 12.2. The molecule has 5 atom stereocenters. The highest BCUT2D eigenvalue weighted by Gasteiger charge is 2.63. The Kier molecular flexibility index (Phi) is 6.28. The number of carbonyl (C=O) groups is 1. The molecule has 0 bridgehead atoms. The Morgan fingerprint density at radius 2 is 1.97 bits per heavy atom. The average Bonchev–Trinajstić information content (AvgIpc) is 3.14. The predicted octanol–water partition coefficient (Wildman–Crippen LogP) is 5.82. The Hall–Kier alpha value is -2.24. The number of hydrogen-bond donors (Lipinski definition) is 1. The van der Waals surface area contributed by atoms with Gasteiger partial charge in [0, 0.05) is 31.5 Å². The summed E-state index contributed by atoms with van der Waals surface area (Å²) in [5, 5.41) is 12.1. The Balaban J connectivity index is 1.64. The first-order valence-corrected chi connectivity index (χ1v) is 12.8. The molecule has 2 fully saturated rings. The highest BCUT2D eigenvalue weighted by atomic mass is 16.5. The lowest BCUT2D eigenvalue weighted by Crippen LogP contribution is -2.54. The Bertz CT molecular complexity index is 1040. The summed E-state index contributed by atoms with van der Waals surface area (Å²) in [6.45, 7) is 5.85. The van der Waals surface area contributed by atoms with Gasteiger partial charge in [-0.05, 0) is 85.6 Å². The fraction of sp³-hybridized carbons (Fsp3) is 0.586. The lowest BCUT2D eigenvalue weighted by Gasteiger charge is -2.55. The van der Waals surface area contributed by atoms with Crippen molar-refractivity contribution in [1.82, 2.24) is 0 Å². The van der Waals surface area contributed by atoms with Gasteiger partial charge in [-0.15, -0.1) is 0 Å². The molecule has 0 spiro atoms. The van der Waals surface area contributed by atoms with E-state index in [0.29, 0.717) is 31.5 Å². The first-order chi connectivity index (χ1) is 16.5. The van der Waals surface area contributed by atoms with Crippen molar-refractivity contribution >= 4 is 12.0 Å². The summed E-state index contributed by atoms with van der Waals surface area (Å²) >= 11 is 0. The van der Waals surface area contributed by atoms with E-state index in [-0.39, 0.29) is 22.7 Å². The monoisotopic (exact) mass is 463 g/mol. The van der Waals surface area contributed by atoms with Gasteiger partial charge in [-0.3, -0.25) is 4.79 Å². The van der Waals surface area contributed by atoms with Crippen LogP contribution in [0.4, 0.5) is 0 Å². The van der Waals surface area contributed by atoms with Gasteiger partial charge in [0.25, 0.3) is 0 Å². The van der Waals surface area contributed by atoms with Crippen molar-refractivity contribution in [2.24, 2.45) is 22.4 Å². The molecule has 1 N–H and O–H groups in total. The minimum absolute atomic E-state index is 0.00719. The summed E-state index contributed by atoms with van der Waals surface area (Å²) in [6.07, 6.45) is 10.2. The standard InChI is InChI=1S/C29H37NO4/c1-4-34-18-29(33-3)14-13-26-24-11-9-21-15-22(31)10-12-23(21)27(24)25(16-28(26,29)2)20-7-5-19(6-8-20)17-30-32/h5-8,15,17,24-26,32H,4,9-14,16,18H2,1-3H3/t24-,25+,26-,28-,29+/m0/s1. The summed E-state index contributed by atoms with van der Waals surface area (Å²) in [6, 6.07) is 8.44. The summed E-state index contributed by atoms with van der Waals surface area (Å²) < 4.78 is 12.4. The summed E-state index contributed by atoms with van der Waals surface area (Å²) in [5.74, 6) is 1.64. The van der Waals surface area contributed by atoms with Crippen LogP contribution in [0.15, 0.2) is 52.2 Å². The quantitative estimate of drug-likeness (QED) is 0.328. The first kappa shape index (κ1) is 23.5. The van der Waals surface area contributed by atoms with Crippen molar-refractivity contribution in [3.8, 4) is 0 Å². The van der Waals surface area contributed by atoms with E-state index in [1.165, 1.54) is 22.9 Å². The molecule has 0 amide bonds. The van der Waals surface area contributed by atoms with Crippen LogP contribution in [-0.2, 0) is 14.3 Å². The second kappa shape index (κ2) is 9.09. The number of methoxy groups -OCH3 is 1. The van der Waals surface area contributed by atoms with Gasteiger partial charge in [-0.2, -0.15) is 0 Å². The highest BCUT2D eigenvalue weighted by Crippen LogP contribution is 2.67. The molecule has 2 saturated carbocycles. The van der Waals surface area contributed by atoms with E-state index < -0.39 is 0 Å². The lowest BCUT2D eigenvalue weighted by atomic mass is 9.51. The first-order valence-electron chi connectivity index (χ1n) is 12.8. The number of allylic oxidation sites excluding steroid dienone is 4. The summed E-state index contributed by atoms with van der Waals surface area (Å²) in [7, 11) is 1.87. The van der Waals surface area contributed by atoms with E-state index in [4.69, 9.17) is 14.7 Å². The summed E-state index contributed by atoms with van der Waals surface area (Å²) in [5.41, 5.74) is 6.25. The van der Waals surface area contributed by atoms with Gasteiger partial charge in [-0.1, -0.05) is 41.9 Å². The number of benzene rings is 1. The van der Waals surface area contributed by atoms with Crippen LogP contribution in [0.5, 0.6) is 0 Å². The predicted molar refractivity (Wildman–Crippen MR) is 132 cm³/mol. The number of nitrogens with zero attached hydrogens (tertiary/aromatic N) is 1. The van der Waals surface area contributed by atoms with Crippen LogP contribution in [0.3, 0.4) is 0 Å². The molecule has 4 aliphatic carbocycles. The van der Waals surface area contributed by atoms with Crippen molar-refractivity contribution < 1.29 is 19.5 Å². The van der Waals surface area contributed by atoms with E-state index in [2.05, 4.69) is 31.1 Å². The minimum Gasteiger partial charge on any atom is -0.411 e. The van der Waals surface area contributed by atoms with Gasteiger partial charge in [-0.25, -0.2) is 0 Å². The second-order valence-corrected chi connectivity index (χ2v) is 10.8. The average molecular weight is 464 g/mol. The number of carbonyl (C=O) groups excluding carboxylic acids is 1. The SMILES string of the molecule is CCOC[C@]1(OC)CC[C@H]2[C@@H]3CCC4=CC(=O)CCC4=C3[C@@H](c3ccc(C=NO)cc3)C[C@@]21C. The molecule has 0 radical (unpaired) electrons. The van der Waals surface area contributed by atoms with Crippen LogP contribution in [0.1, 0.15) is 75.8 Å². The van der Waals surface area contributed by atoms with Crippen molar-refractivity contribution in [3.63, 3.8) is 0 Å². The van der Waals surface area contributed by atoms with E-state index in [0.717, 1.165) is 44.1 Å². The van der Waals surface area contributed by atoms with Crippen LogP contribution >= 0.6 is 0 Å². The Labute approximate surface area is 202 Å². The number of ether oxygens (including phenoxy) is 2. The zero-order chi connectivity index (χ0) is 23.9. The molecule has 5 nitrogen and oxygen atoms in total. The second-order valence-electron chi connectivity index (χ2n) is 10.8. The molecule has 0 saturated heterocycles. The van der Waals surface area contributed by atoms with E-state index in [1.807, 2.05) is 25.3 Å². The molecule has 5 rings (SSSR count). The third kappa shape index (κ3) is 3.59. The van der Waals surface area contributed by atoms with E-state index >= 15 is 0 Å². The largest absolute Gasteiger partial charge is 0.411 e. The molecule has 1 aromatic carbocycles. The fourth-order valence-corrected chi connectivity index (χ4v) is 7.82. The summed E-state index contributed by atoms with van der Waals surface area (Å²) in [4.78, 5) is 12.2. The molecular formula is C29H37NO4. The van der Waals surface area contributed by atoms with Gasteiger partial charge >= 0.3 is 0 Å². The molecule has 4 aliphatic rings. The number of hydrogen-bond acceptors (Lipinski definition) is 5. The van der Waals surface area contributed by atoms with Gasteiger partial charge < -0.3 is 14.7 Å². The normalized spacial score (nSPS) is 35.2. The molecular weight excluding hydrogens is 426 g/mol. The number of oxime groups is 1. The zero-order valence-electron chi connectivity index (χ0n) is 20.7. The fourth-order valence-electron chi connectivity index (χ4n) is 7.82. The molecule has 34 heavy (non-hydrogen) atoms. The molecule has 0 heterocycles. The lowest BCUT2D eigenvalue weighted by molar-refractivity contribution is -0.154. The third-order valence-electron chi connectivity index (χ3n) is 9.50. The zero-order valence-corrected chi connectivity index (χ0v) is 20.7. The van der Waals surface area contributed by atoms with Crippen LogP contribution in [-0.4, -0.2) is 43.1 Å². The Morgan fingerprint density at radius 1 is 1.18 bits per heavy atom. The Morgan fingerprint density at radius 3 is 2.68 bits per heavy atom. The van der Waals surface area contributed by atoms with Crippen LogP contribution in [0, 0.1) is 17.3 Å². The third-order valence-corrected chi connectivity index (χ3v) is 9.50. The van der Waals surface area contributed by atoms with Crippen molar-refractivity contribution in [2.45, 2.75) is 70.3 Å². The van der Waals surface area contributed by atoms with Gasteiger partial charge in [0.15, 0.2) is 5.78 Å². The highest BCUT2D eigenvalue weighted by molar-refractivity contribution is 5.93. The maximum Gasteiger partial charge on any atom is 0.156 e. The number of ketones is 1. The molecule has 182 valence electrons. The van der Waals surface area contributed by atoms with Gasteiger partial charge in [0.1, 0.15) is 0 Å². The van der Waals surface area contributed by atoms with Gasteiger partial charge in [0.2, 0.25) is 0 Å². The molecule has 1 aromatic rings. The molecule has 5 heteroatoms. The maximum absolute atomic E-state index is 12.2.